The highest BCUT2D eigenvalue weighted by Crippen LogP contribution is 2.61. The zero-order chi connectivity index (χ0) is 31.3. The first kappa shape index (κ1) is 30.2. The maximum absolute atomic E-state index is 12.1. The van der Waals surface area contributed by atoms with Crippen molar-refractivity contribution in [1.82, 2.24) is 0 Å². The maximum atomic E-state index is 12.1. The molecule has 0 radical (unpaired) electrons. The van der Waals surface area contributed by atoms with Crippen LogP contribution < -0.4 is 4.90 Å². The van der Waals surface area contributed by atoms with Crippen LogP contribution in [-0.2, 0) is 12.8 Å². The van der Waals surface area contributed by atoms with Crippen molar-refractivity contribution in [2.24, 2.45) is 34.5 Å². The second-order valence-corrected chi connectivity index (χ2v) is 15.8. The third-order valence-electron chi connectivity index (χ3n) is 13.7. The molecule has 7 rings (SSSR count). The Morgan fingerprint density at radius 2 is 1.16 bits per heavy atom. The molecule has 4 aliphatic carbocycles. The van der Waals surface area contributed by atoms with E-state index in [0.29, 0.717) is 23.7 Å². The molecule has 2 aromatic heterocycles. The van der Waals surface area contributed by atoms with Gasteiger partial charge in [0.05, 0.1) is 12.2 Å². The number of rotatable bonds is 4. The van der Waals surface area contributed by atoms with Gasteiger partial charge in [0.2, 0.25) is 0 Å². The van der Waals surface area contributed by atoms with Gasteiger partial charge in [0.15, 0.2) is 0 Å². The van der Waals surface area contributed by atoms with Crippen LogP contribution in [0.1, 0.15) is 135 Å². The van der Waals surface area contributed by atoms with Crippen LogP contribution in [0.5, 0.6) is 0 Å². The summed E-state index contributed by atoms with van der Waals surface area (Å²) in [5.41, 5.74) is 6.06. The van der Waals surface area contributed by atoms with Gasteiger partial charge in [-0.15, -0.1) is 0 Å². The number of hydrogen-bond donors (Lipinski definition) is 2. The van der Waals surface area contributed by atoms with Gasteiger partial charge < -0.3 is 23.9 Å². The summed E-state index contributed by atoms with van der Waals surface area (Å²) in [5.74, 6) is 5.17. The van der Waals surface area contributed by atoms with E-state index in [0.717, 1.165) is 82.2 Å². The van der Waals surface area contributed by atoms with E-state index in [4.69, 9.17) is 8.83 Å². The lowest BCUT2D eigenvalue weighted by Crippen LogP contribution is -2.46. The van der Waals surface area contributed by atoms with Crippen molar-refractivity contribution < 1.29 is 19.0 Å². The summed E-state index contributed by atoms with van der Waals surface area (Å²) in [6, 6.07) is 8.72. The molecule has 5 heteroatoms. The minimum Gasteiger partial charge on any atom is -0.464 e. The highest BCUT2D eigenvalue weighted by atomic mass is 16.4. The molecule has 2 fully saturated rings. The van der Waals surface area contributed by atoms with Crippen LogP contribution in [0.3, 0.4) is 0 Å². The summed E-state index contributed by atoms with van der Waals surface area (Å²) in [5, 5.41) is 24.1. The molecule has 2 heterocycles. The van der Waals surface area contributed by atoms with Gasteiger partial charge in [0.25, 0.3) is 0 Å². The number of benzene rings is 1. The molecule has 8 atom stereocenters. The Morgan fingerprint density at radius 1 is 0.727 bits per heavy atom. The SMILES string of the molecule is Cc1c(C(c2ccc(N(C)C)cc2)c2oc3c(c2C)[C@@H](O)[C@@]2(C)[C@H](CCC[C@@H]2C)C3)oc2c1[C@@H](O)[C@@]1(C)[C@H](CCC[C@@H]1C)C2. The molecular formula is C39H53NO4. The standard InChI is InChI=1S/C39H53NO4/c1-21-11-9-13-26-19-29-31(36(41)38(21,26)5)23(3)34(43-29)33(25-15-17-28(18-16-25)40(7)8)35-24(4)32-30(44-35)20-27-14-10-12-22(2)39(27,6)37(32)42/h15-18,21-22,26-27,33,36-37,41-42H,9-14,19-20H2,1-8H3/t21-,22-,26+,27+,36+,37+,38+,39+/m0/s1. The van der Waals surface area contributed by atoms with Gasteiger partial charge >= 0.3 is 0 Å². The number of nitrogens with zero attached hydrogens (tertiary/aromatic N) is 1. The Bertz CT molecular complexity index is 1460. The molecular weight excluding hydrogens is 546 g/mol. The lowest BCUT2D eigenvalue weighted by molar-refractivity contribution is -0.0848. The van der Waals surface area contributed by atoms with E-state index < -0.39 is 12.2 Å². The molecule has 3 aromatic rings. The number of hydrogen-bond acceptors (Lipinski definition) is 5. The van der Waals surface area contributed by atoms with E-state index in [1.54, 1.807) is 0 Å². The summed E-state index contributed by atoms with van der Waals surface area (Å²) in [4.78, 5) is 2.12. The Labute approximate surface area is 264 Å². The number of anilines is 1. The molecule has 0 spiro atoms. The van der Waals surface area contributed by atoms with Crippen LogP contribution in [-0.4, -0.2) is 24.3 Å². The second-order valence-electron chi connectivity index (χ2n) is 15.8. The second kappa shape index (κ2) is 10.5. The fraction of sp³-hybridized carbons (Fsp3) is 0.641. The molecule has 1 aromatic carbocycles. The largest absolute Gasteiger partial charge is 0.464 e. The number of fused-ring (bicyclic) bond motifs is 4. The van der Waals surface area contributed by atoms with E-state index >= 15 is 0 Å². The summed E-state index contributed by atoms with van der Waals surface area (Å²) in [6.45, 7) is 13.6. The van der Waals surface area contributed by atoms with E-state index in [2.05, 4.69) is 84.8 Å². The number of aliphatic hydroxyl groups is 2. The highest BCUT2D eigenvalue weighted by Gasteiger charge is 2.54. The molecule has 0 unspecified atom stereocenters. The van der Waals surface area contributed by atoms with Crippen LogP contribution >= 0.6 is 0 Å². The van der Waals surface area contributed by atoms with Gasteiger partial charge in [0.1, 0.15) is 29.0 Å². The fourth-order valence-corrected chi connectivity index (χ4v) is 10.3. The van der Waals surface area contributed by atoms with E-state index in [1.807, 2.05) is 0 Å². The van der Waals surface area contributed by atoms with Crippen molar-refractivity contribution in [2.45, 2.75) is 111 Å². The van der Waals surface area contributed by atoms with Crippen LogP contribution in [0, 0.1) is 48.3 Å². The normalized spacial score (nSPS) is 34.7. The number of furan rings is 2. The summed E-state index contributed by atoms with van der Waals surface area (Å²) in [7, 11) is 4.12. The average Bonchev–Trinajstić information content (AvgIpc) is 3.49. The Morgan fingerprint density at radius 3 is 1.57 bits per heavy atom. The molecule has 0 saturated heterocycles. The molecule has 5 nitrogen and oxygen atoms in total. The molecule has 0 aliphatic heterocycles. The molecule has 2 N–H and O–H groups in total. The Hall–Kier alpha value is -2.50. The highest BCUT2D eigenvalue weighted by molar-refractivity contribution is 5.53. The molecule has 238 valence electrons. The number of aliphatic hydroxyl groups excluding tert-OH is 2. The molecule has 0 amide bonds. The van der Waals surface area contributed by atoms with Crippen LogP contribution in [0.25, 0.3) is 0 Å². The summed E-state index contributed by atoms with van der Waals surface area (Å²) < 4.78 is 13.9. The van der Waals surface area contributed by atoms with Crippen LogP contribution in [0.4, 0.5) is 5.69 Å². The van der Waals surface area contributed by atoms with Gasteiger partial charge in [0, 0.05) is 54.6 Å². The third kappa shape index (κ3) is 4.10. The van der Waals surface area contributed by atoms with Gasteiger partial charge in [-0.3, -0.25) is 0 Å². The zero-order valence-corrected chi connectivity index (χ0v) is 28.2. The van der Waals surface area contributed by atoms with Crippen molar-refractivity contribution in [3.63, 3.8) is 0 Å². The Kier molecular flexibility index (Phi) is 7.21. The van der Waals surface area contributed by atoms with Crippen molar-refractivity contribution in [3.05, 3.63) is 75.1 Å². The first-order chi connectivity index (χ1) is 20.9. The minimum absolute atomic E-state index is 0.147. The third-order valence-corrected chi connectivity index (χ3v) is 13.7. The lowest BCUT2D eigenvalue weighted by atomic mass is 9.54. The van der Waals surface area contributed by atoms with Gasteiger partial charge in [-0.1, -0.05) is 65.5 Å². The first-order valence-corrected chi connectivity index (χ1v) is 17.3. The zero-order valence-electron chi connectivity index (χ0n) is 28.2. The maximum Gasteiger partial charge on any atom is 0.122 e. The predicted molar refractivity (Wildman–Crippen MR) is 175 cm³/mol. The van der Waals surface area contributed by atoms with Crippen LogP contribution in [0.2, 0.25) is 0 Å². The van der Waals surface area contributed by atoms with Crippen molar-refractivity contribution >= 4 is 5.69 Å². The summed E-state index contributed by atoms with van der Waals surface area (Å²) >= 11 is 0. The van der Waals surface area contributed by atoms with Crippen LogP contribution in [0.15, 0.2) is 33.1 Å². The Balaban J connectivity index is 1.39. The molecule has 2 saturated carbocycles. The van der Waals surface area contributed by atoms with Gasteiger partial charge in [-0.2, -0.15) is 0 Å². The molecule has 0 bridgehead atoms. The summed E-state index contributed by atoms with van der Waals surface area (Å²) in [6.07, 6.45) is 7.73. The van der Waals surface area contributed by atoms with E-state index in [-0.39, 0.29) is 16.7 Å². The topological polar surface area (TPSA) is 70.0 Å². The lowest BCUT2D eigenvalue weighted by Gasteiger charge is -2.51. The monoisotopic (exact) mass is 599 g/mol. The van der Waals surface area contributed by atoms with Crippen molar-refractivity contribution in [2.75, 3.05) is 19.0 Å². The first-order valence-electron chi connectivity index (χ1n) is 17.3. The fourth-order valence-electron chi connectivity index (χ4n) is 10.3. The quantitative estimate of drug-likeness (QED) is 0.314. The predicted octanol–water partition coefficient (Wildman–Crippen LogP) is 8.80. The average molecular weight is 600 g/mol. The smallest absolute Gasteiger partial charge is 0.122 e. The molecule has 4 aliphatic rings. The van der Waals surface area contributed by atoms with Crippen molar-refractivity contribution in [3.8, 4) is 0 Å². The van der Waals surface area contributed by atoms with E-state index in [9.17, 15) is 10.2 Å². The van der Waals surface area contributed by atoms with Gasteiger partial charge in [-0.25, -0.2) is 0 Å². The molecule has 44 heavy (non-hydrogen) atoms. The van der Waals surface area contributed by atoms with Crippen molar-refractivity contribution in [1.29, 1.82) is 0 Å². The minimum atomic E-state index is -0.543. The van der Waals surface area contributed by atoms with Gasteiger partial charge in [-0.05, 0) is 79.2 Å². The van der Waals surface area contributed by atoms with E-state index in [1.165, 1.54) is 25.7 Å².